The Morgan fingerprint density at radius 2 is 1.49 bits per heavy atom. The maximum Gasteiger partial charge on any atom is 0.417 e. The number of anilines is 1. The molecular weight excluding hydrogens is 563 g/mol. The number of ether oxygens (including phenoxy) is 2. The number of amides is 2. The van der Waals surface area contributed by atoms with Gasteiger partial charge in [-0.2, -0.15) is 13.2 Å². The number of halogens is 3. The fraction of sp³-hybridized carbons (Fsp3) is 0.531. The Morgan fingerprint density at radius 1 is 0.860 bits per heavy atom. The van der Waals surface area contributed by atoms with Gasteiger partial charge in [-0.25, -0.2) is 4.79 Å². The standard InChI is InChI=1S/C32H38F3N3O5/c1-31(2,3)43-30(41)37-18-24-9-10-25(19-37)38(24)23-11-12-27(32(33,34)35)26(17-23)28(39)36-15-13-22(14-16-36)29(40)42-20-21-7-5-4-6-8-21/h4-8,11-12,17,22,24-25H,9-10,13-16,18-20H2,1-3H3. The van der Waals surface area contributed by atoms with E-state index in [2.05, 4.69) is 0 Å². The van der Waals surface area contributed by atoms with E-state index in [4.69, 9.17) is 9.47 Å². The lowest BCUT2D eigenvalue weighted by Crippen LogP contribution is -2.56. The molecule has 0 radical (unpaired) electrons. The second-order valence-corrected chi connectivity index (χ2v) is 12.6. The van der Waals surface area contributed by atoms with Gasteiger partial charge < -0.3 is 24.2 Å². The van der Waals surface area contributed by atoms with Crippen molar-refractivity contribution < 1.29 is 37.0 Å². The Hall–Kier alpha value is -3.76. The summed E-state index contributed by atoms with van der Waals surface area (Å²) in [5.41, 5.74) is -0.614. The van der Waals surface area contributed by atoms with E-state index < -0.39 is 40.8 Å². The van der Waals surface area contributed by atoms with Gasteiger partial charge >= 0.3 is 18.2 Å². The molecule has 0 aromatic heterocycles. The molecule has 2 aromatic carbocycles. The zero-order valence-corrected chi connectivity index (χ0v) is 24.7. The molecule has 2 atom stereocenters. The first-order valence-electron chi connectivity index (χ1n) is 14.8. The number of alkyl halides is 3. The summed E-state index contributed by atoms with van der Waals surface area (Å²) in [5.74, 6) is -1.49. The van der Waals surface area contributed by atoms with Gasteiger partial charge in [-0.1, -0.05) is 30.3 Å². The Labute approximate surface area is 249 Å². The predicted octanol–water partition coefficient (Wildman–Crippen LogP) is 5.89. The Morgan fingerprint density at radius 3 is 2.07 bits per heavy atom. The molecule has 2 bridgehead atoms. The second-order valence-electron chi connectivity index (χ2n) is 12.6. The molecule has 0 N–H and O–H groups in total. The van der Waals surface area contributed by atoms with E-state index in [1.807, 2.05) is 35.2 Å². The van der Waals surface area contributed by atoms with Crippen molar-refractivity contribution >= 4 is 23.7 Å². The van der Waals surface area contributed by atoms with Gasteiger partial charge in [-0.05, 0) is 70.2 Å². The zero-order valence-electron chi connectivity index (χ0n) is 24.7. The van der Waals surface area contributed by atoms with Crippen LogP contribution in [-0.4, -0.2) is 71.6 Å². The van der Waals surface area contributed by atoms with E-state index in [9.17, 15) is 27.6 Å². The van der Waals surface area contributed by atoms with Crippen molar-refractivity contribution in [2.75, 3.05) is 31.1 Å². The van der Waals surface area contributed by atoms with Gasteiger partial charge in [-0.3, -0.25) is 9.59 Å². The van der Waals surface area contributed by atoms with Crippen molar-refractivity contribution in [1.29, 1.82) is 0 Å². The Bertz CT molecular complexity index is 1320. The van der Waals surface area contributed by atoms with Gasteiger partial charge in [0.05, 0.1) is 17.0 Å². The molecule has 3 saturated heterocycles. The minimum absolute atomic E-state index is 0.0939. The van der Waals surface area contributed by atoms with Gasteiger partial charge in [0.25, 0.3) is 5.91 Å². The van der Waals surface area contributed by atoms with Crippen LogP contribution in [-0.2, 0) is 27.1 Å². The van der Waals surface area contributed by atoms with Crippen LogP contribution in [0.5, 0.6) is 0 Å². The predicted molar refractivity (Wildman–Crippen MR) is 153 cm³/mol. The molecule has 2 aromatic rings. The maximum absolute atomic E-state index is 14.1. The summed E-state index contributed by atoms with van der Waals surface area (Å²) in [6, 6.07) is 12.8. The topological polar surface area (TPSA) is 79.4 Å². The van der Waals surface area contributed by atoms with E-state index in [0.717, 1.165) is 24.5 Å². The molecule has 2 amide bonds. The van der Waals surface area contributed by atoms with Crippen molar-refractivity contribution in [3.8, 4) is 0 Å². The van der Waals surface area contributed by atoms with Gasteiger partial charge in [0.2, 0.25) is 0 Å². The normalized spacial score (nSPS) is 21.1. The average Bonchev–Trinajstić information content (AvgIpc) is 3.23. The number of hydrogen-bond acceptors (Lipinski definition) is 6. The van der Waals surface area contributed by atoms with Crippen LogP contribution in [0.25, 0.3) is 0 Å². The van der Waals surface area contributed by atoms with E-state index in [1.165, 1.54) is 17.0 Å². The summed E-state index contributed by atoms with van der Waals surface area (Å²) >= 11 is 0. The number of piperidine rings is 1. The van der Waals surface area contributed by atoms with Crippen molar-refractivity contribution in [2.45, 2.75) is 76.9 Å². The largest absolute Gasteiger partial charge is 0.461 e. The van der Waals surface area contributed by atoms with Crippen LogP contribution in [0.4, 0.5) is 23.7 Å². The molecule has 0 spiro atoms. The molecule has 3 fully saturated rings. The van der Waals surface area contributed by atoms with Crippen LogP contribution >= 0.6 is 0 Å². The lowest BCUT2D eigenvalue weighted by molar-refractivity contribution is -0.151. The molecule has 11 heteroatoms. The van der Waals surface area contributed by atoms with Crippen LogP contribution in [0.1, 0.15) is 67.9 Å². The monoisotopic (exact) mass is 601 g/mol. The second kappa shape index (κ2) is 12.1. The summed E-state index contributed by atoms with van der Waals surface area (Å²) < 4.78 is 53.2. The SMILES string of the molecule is CC(C)(C)OC(=O)N1CC2CCC(C1)N2c1ccc(C(F)(F)F)c(C(=O)N2CCC(C(=O)OCc3ccccc3)CC2)c1. The molecular formula is C32H38F3N3O5. The first-order valence-corrected chi connectivity index (χ1v) is 14.8. The van der Waals surface area contributed by atoms with Crippen LogP contribution in [0, 0.1) is 5.92 Å². The van der Waals surface area contributed by atoms with Gasteiger partial charge in [0.1, 0.15) is 12.2 Å². The first kappa shape index (κ1) is 30.7. The van der Waals surface area contributed by atoms with Crippen LogP contribution in [0.15, 0.2) is 48.5 Å². The first-order chi connectivity index (χ1) is 20.3. The molecule has 43 heavy (non-hydrogen) atoms. The van der Waals surface area contributed by atoms with Crippen molar-refractivity contribution in [3.63, 3.8) is 0 Å². The summed E-state index contributed by atoms with van der Waals surface area (Å²) in [6.45, 7) is 6.66. The van der Waals surface area contributed by atoms with Gasteiger partial charge in [0.15, 0.2) is 0 Å². The number of nitrogens with zero attached hydrogens (tertiary/aromatic N) is 3. The highest BCUT2D eigenvalue weighted by Crippen LogP contribution is 2.40. The molecule has 3 aliphatic heterocycles. The van der Waals surface area contributed by atoms with E-state index in [1.54, 1.807) is 25.7 Å². The number of likely N-dealkylation sites (tertiary alicyclic amines) is 2. The number of esters is 1. The number of carbonyl (C=O) groups is 3. The summed E-state index contributed by atoms with van der Waals surface area (Å²) in [7, 11) is 0. The fourth-order valence-electron chi connectivity index (χ4n) is 6.25. The molecule has 8 nitrogen and oxygen atoms in total. The third-order valence-corrected chi connectivity index (χ3v) is 8.31. The van der Waals surface area contributed by atoms with Gasteiger partial charge in [-0.15, -0.1) is 0 Å². The van der Waals surface area contributed by atoms with Crippen molar-refractivity contribution in [2.24, 2.45) is 5.92 Å². The van der Waals surface area contributed by atoms with E-state index >= 15 is 0 Å². The number of piperazine rings is 1. The third kappa shape index (κ3) is 7.08. The van der Waals surface area contributed by atoms with Crippen LogP contribution in [0.3, 0.4) is 0 Å². The van der Waals surface area contributed by atoms with E-state index in [0.29, 0.717) is 31.6 Å². The zero-order chi connectivity index (χ0) is 30.9. The number of carbonyl (C=O) groups excluding carboxylic acids is 3. The summed E-state index contributed by atoms with van der Waals surface area (Å²) in [6.07, 6.45) is -2.92. The van der Waals surface area contributed by atoms with Crippen molar-refractivity contribution in [3.05, 3.63) is 65.2 Å². The molecule has 5 rings (SSSR count). The highest BCUT2D eigenvalue weighted by molar-refractivity contribution is 5.97. The summed E-state index contributed by atoms with van der Waals surface area (Å²) in [4.78, 5) is 44.0. The highest BCUT2D eigenvalue weighted by Gasteiger charge is 2.44. The Kier molecular flexibility index (Phi) is 8.63. The smallest absolute Gasteiger partial charge is 0.417 e. The number of rotatable bonds is 5. The molecule has 0 aliphatic carbocycles. The third-order valence-electron chi connectivity index (χ3n) is 8.31. The molecule has 3 heterocycles. The number of fused-ring (bicyclic) bond motifs is 2. The van der Waals surface area contributed by atoms with Gasteiger partial charge in [0, 0.05) is 44.0 Å². The number of hydrogen-bond donors (Lipinski definition) is 0. The lowest BCUT2D eigenvalue weighted by Gasteiger charge is -2.43. The maximum atomic E-state index is 14.1. The molecule has 2 unspecified atom stereocenters. The summed E-state index contributed by atoms with van der Waals surface area (Å²) in [5, 5.41) is 0. The molecule has 0 saturated carbocycles. The van der Waals surface area contributed by atoms with Crippen molar-refractivity contribution in [1.82, 2.24) is 9.80 Å². The molecule has 3 aliphatic rings. The quantitative estimate of drug-likeness (QED) is 0.398. The highest BCUT2D eigenvalue weighted by atomic mass is 19.4. The Balaban J connectivity index is 1.27. The molecule has 232 valence electrons. The minimum atomic E-state index is -4.71. The number of benzene rings is 2. The lowest BCUT2D eigenvalue weighted by atomic mass is 9.95. The minimum Gasteiger partial charge on any atom is -0.461 e. The fourth-order valence-corrected chi connectivity index (χ4v) is 6.25. The average molecular weight is 602 g/mol. The van der Waals surface area contributed by atoms with Crippen LogP contribution < -0.4 is 4.90 Å². The van der Waals surface area contributed by atoms with Crippen LogP contribution in [0.2, 0.25) is 0 Å². The van der Waals surface area contributed by atoms with E-state index in [-0.39, 0.29) is 37.7 Å².